The van der Waals surface area contributed by atoms with Crippen LogP contribution in [0.5, 0.6) is 0 Å². The Morgan fingerprint density at radius 2 is 2.21 bits per heavy atom. The number of anilines is 2. The average Bonchev–Trinajstić information content (AvgIpc) is 2.16. The minimum absolute atomic E-state index is 0.242. The van der Waals surface area contributed by atoms with Crippen molar-refractivity contribution in [2.45, 2.75) is 6.04 Å². The van der Waals surface area contributed by atoms with Gasteiger partial charge in [-0.25, -0.2) is 0 Å². The van der Waals surface area contributed by atoms with Crippen molar-refractivity contribution < 1.29 is 9.90 Å². The maximum atomic E-state index is 11.3. The van der Waals surface area contributed by atoms with Gasteiger partial charge >= 0.3 is 0 Å². The molecule has 1 aromatic carbocycles. The fourth-order valence-corrected chi connectivity index (χ4v) is 1.38. The van der Waals surface area contributed by atoms with Gasteiger partial charge in [0.05, 0.1) is 23.7 Å². The van der Waals surface area contributed by atoms with E-state index in [9.17, 15) is 4.79 Å². The van der Waals surface area contributed by atoms with E-state index in [4.69, 9.17) is 10.8 Å². The molecule has 4 N–H and O–H groups in total. The molecule has 1 unspecified atom stereocenters. The van der Waals surface area contributed by atoms with Gasteiger partial charge in [0.25, 0.3) is 0 Å². The van der Waals surface area contributed by atoms with Gasteiger partial charge in [-0.3, -0.25) is 4.79 Å². The van der Waals surface area contributed by atoms with Crippen LogP contribution < -0.4 is 16.4 Å². The number of amides is 1. The van der Waals surface area contributed by atoms with Crippen molar-refractivity contribution in [3.63, 3.8) is 0 Å². The lowest BCUT2D eigenvalue weighted by Crippen LogP contribution is -2.41. The Labute approximate surface area is 80.9 Å². The summed E-state index contributed by atoms with van der Waals surface area (Å²) < 4.78 is 0. The van der Waals surface area contributed by atoms with Crippen molar-refractivity contribution in [2.75, 3.05) is 17.2 Å². The minimum Gasteiger partial charge on any atom is -0.394 e. The van der Waals surface area contributed by atoms with E-state index in [1.54, 1.807) is 18.2 Å². The van der Waals surface area contributed by atoms with Gasteiger partial charge in [0.2, 0.25) is 5.91 Å². The Morgan fingerprint density at radius 1 is 1.43 bits per heavy atom. The third-order valence-corrected chi connectivity index (χ3v) is 2.11. The lowest BCUT2D eigenvalue weighted by Gasteiger charge is -2.25. The van der Waals surface area contributed by atoms with Gasteiger partial charge in [0, 0.05) is 0 Å². The number of aliphatic hydroxyl groups excluding tert-OH is 1. The number of carbonyl (C=O) groups is 1. The SMILES string of the molecule is [NH]c1ccc2c(c1)NC(=O)C(CO)N2. The third-order valence-electron chi connectivity index (χ3n) is 2.11. The molecule has 5 heteroatoms. The summed E-state index contributed by atoms with van der Waals surface area (Å²) in [6, 6.07) is 4.30. The molecule has 14 heavy (non-hydrogen) atoms. The van der Waals surface area contributed by atoms with Crippen LogP contribution in [-0.2, 0) is 4.79 Å². The smallest absolute Gasteiger partial charge is 0.249 e. The quantitative estimate of drug-likeness (QED) is 0.599. The molecule has 0 fully saturated rings. The van der Waals surface area contributed by atoms with E-state index in [2.05, 4.69) is 10.6 Å². The monoisotopic (exact) mass is 192 g/mol. The molecule has 0 saturated heterocycles. The van der Waals surface area contributed by atoms with Gasteiger partial charge in [0.15, 0.2) is 0 Å². The van der Waals surface area contributed by atoms with Gasteiger partial charge in [-0.1, -0.05) is 0 Å². The molecule has 1 atom stereocenters. The summed E-state index contributed by atoms with van der Waals surface area (Å²) >= 11 is 0. The molecule has 0 saturated carbocycles. The van der Waals surface area contributed by atoms with Crippen molar-refractivity contribution >= 4 is 23.0 Å². The first-order valence-corrected chi connectivity index (χ1v) is 4.24. The van der Waals surface area contributed by atoms with Gasteiger partial charge in [0.1, 0.15) is 6.04 Å². The van der Waals surface area contributed by atoms with Crippen LogP contribution in [0.15, 0.2) is 18.2 Å². The highest BCUT2D eigenvalue weighted by Crippen LogP contribution is 2.28. The molecule has 1 aromatic rings. The second-order valence-electron chi connectivity index (χ2n) is 3.13. The van der Waals surface area contributed by atoms with Crippen LogP contribution >= 0.6 is 0 Å². The van der Waals surface area contributed by atoms with Crippen LogP contribution in [0, 0.1) is 0 Å². The summed E-state index contributed by atoms with van der Waals surface area (Å²) in [5.74, 6) is -0.273. The van der Waals surface area contributed by atoms with Crippen molar-refractivity contribution in [1.29, 1.82) is 0 Å². The molecule has 0 aliphatic carbocycles. The molecule has 0 aromatic heterocycles. The second kappa shape index (κ2) is 3.19. The molecule has 0 spiro atoms. The average molecular weight is 192 g/mol. The van der Waals surface area contributed by atoms with E-state index in [1.807, 2.05) is 0 Å². The highest BCUT2D eigenvalue weighted by molar-refractivity contribution is 6.03. The van der Waals surface area contributed by atoms with E-state index in [-0.39, 0.29) is 12.5 Å². The lowest BCUT2D eigenvalue weighted by molar-refractivity contribution is -0.117. The third kappa shape index (κ3) is 1.38. The van der Waals surface area contributed by atoms with Crippen LogP contribution in [0.25, 0.3) is 0 Å². The zero-order chi connectivity index (χ0) is 10.1. The number of nitrogens with one attached hydrogen (secondary N) is 3. The Bertz CT molecular complexity index is 378. The topological polar surface area (TPSA) is 85.2 Å². The summed E-state index contributed by atoms with van der Waals surface area (Å²) in [5.41, 5.74) is 9.03. The number of carbonyl (C=O) groups excluding carboxylic acids is 1. The van der Waals surface area contributed by atoms with E-state index < -0.39 is 6.04 Å². The molecule has 1 heterocycles. The van der Waals surface area contributed by atoms with Crippen LogP contribution in [0.2, 0.25) is 0 Å². The Morgan fingerprint density at radius 3 is 2.93 bits per heavy atom. The van der Waals surface area contributed by atoms with E-state index in [1.165, 1.54) is 0 Å². The van der Waals surface area contributed by atoms with Gasteiger partial charge in [-0.05, 0) is 18.2 Å². The molecular weight excluding hydrogens is 182 g/mol. The number of benzene rings is 1. The molecular formula is C9H10N3O2. The molecule has 5 nitrogen and oxygen atoms in total. The Hall–Kier alpha value is -1.75. The summed E-state index contributed by atoms with van der Waals surface area (Å²) in [6.07, 6.45) is 0. The first-order chi connectivity index (χ1) is 6.70. The van der Waals surface area contributed by atoms with Gasteiger partial charge in [-0.15, -0.1) is 0 Å². The zero-order valence-corrected chi connectivity index (χ0v) is 7.37. The zero-order valence-electron chi connectivity index (χ0n) is 7.37. The lowest BCUT2D eigenvalue weighted by atomic mass is 10.1. The highest BCUT2D eigenvalue weighted by atomic mass is 16.3. The predicted molar refractivity (Wildman–Crippen MR) is 52.3 cm³/mol. The summed E-state index contributed by atoms with van der Waals surface area (Å²) in [5, 5.41) is 14.4. The van der Waals surface area contributed by atoms with Gasteiger partial charge < -0.3 is 21.5 Å². The van der Waals surface area contributed by atoms with E-state index in [0.717, 1.165) is 5.69 Å². The standard InChI is InChI=1S/C9H10N3O2/c10-5-1-2-6-7(3-5)12-9(14)8(4-13)11-6/h1-3,8,10-11,13H,4H2,(H,12,14). The number of hydrogen-bond acceptors (Lipinski definition) is 3. The van der Waals surface area contributed by atoms with Gasteiger partial charge in [-0.2, -0.15) is 0 Å². The summed E-state index contributed by atoms with van der Waals surface area (Å²) in [6.45, 7) is -0.242. The fraction of sp³-hybridized carbons (Fsp3) is 0.222. The van der Waals surface area contributed by atoms with Crippen molar-refractivity contribution in [3.8, 4) is 0 Å². The molecule has 0 bridgehead atoms. The number of fused-ring (bicyclic) bond motifs is 1. The fourth-order valence-electron chi connectivity index (χ4n) is 1.38. The van der Waals surface area contributed by atoms with Crippen LogP contribution in [-0.4, -0.2) is 23.7 Å². The summed E-state index contributed by atoms with van der Waals surface area (Å²) in [7, 11) is 0. The van der Waals surface area contributed by atoms with Crippen LogP contribution in [0.4, 0.5) is 17.1 Å². The van der Waals surface area contributed by atoms with E-state index in [0.29, 0.717) is 11.4 Å². The first-order valence-electron chi connectivity index (χ1n) is 4.24. The first kappa shape index (κ1) is 8.83. The van der Waals surface area contributed by atoms with Crippen molar-refractivity contribution in [2.24, 2.45) is 0 Å². The summed E-state index contributed by atoms with van der Waals surface area (Å²) in [4.78, 5) is 11.3. The van der Waals surface area contributed by atoms with Crippen molar-refractivity contribution in [1.82, 2.24) is 5.73 Å². The van der Waals surface area contributed by atoms with Crippen LogP contribution in [0.3, 0.4) is 0 Å². The predicted octanol–water partition coefficient (Wildman–Crippen LogP) is 0.326. The second-order valence-corrected chi connectivity index (χ2v) is 3.13. The Kier molecular flexibility index (Phi) is 2.01. The highest BCUT2D eigenvalue weighted by Gasteiger charge is 2.24. The number of aliphatic hydroxyl groups is 1. The Balaban J connectivity index is 2.35. The van der Waals surface area contributed by atoms with E-state index >= 15 is 0 Å². The molecule has 73 valence electrons. The maximum absolute atomic E-state index is 11.3. The molecule has 1 radical (unpaired) electrons. The minimum atomic E-state index is -0.598. The molecule has 1 aliphatic rings. The molecule has 1 amide bonds. The molecule has 2 rings (SSSR count). The number of hydrogen-bond donors (Lipinski definition) is 3. The van der Waals surface area contributed by atoms with Crippen molar-refractivity contribution in [3.05, 3.63) is 18.2 Å². The maximum Gasteiger partial charge on any atom is 0.249 e. The number of rotatable bonds is 1. The largest absolute Gasteiger partial charge is 0.394 e. The van der Waals surface area contributed by atoms with Crippen LogP contribution in [0.1, 0.15) is 0 Å². The normalized spacial score (nSPS) is 19.5. The molecule has 1 aliphatic heterocycles.